The minimum Gasteiger partial charge on any atom is -0.481 e. The van der Waals surface area contributed by atoms with Gasteiger partial charge in [0.2, 0.25) is 5.91 Å². The molecule has 0 radical (unpaired) electrons. The van der Waals surface area contributed by atoms with Gasteiger partial charge in [0, 0.05) is 6.04 Å². The molecule has 1 amide bonds. The molecular formula is C13H22N2O3. The van der Waals surface area contributed by atoms with Gasteiger partial charge in [0.15, 0.2) is 0 Å². The summed E-state index contributed by atoms with van der Waals surface area (Å²) < 4.78 is 0. The maximum Gasteiger partial charge on any atom is 0.305 e. The third kappa shape index (κ3) is 2.83. The lowest BCUT2D eigenvalue weighted by molar-refractivity contribution is -0.137. The molecule has 5 nitrogen and oxygen atoms in total. The summed E-state index contributed by atoms with van der Waals surface area (Å²) in [5.74, 6) is 0.213. The molecule has 1 aliphatic heterocycles. The van der Waals surface area contributed by atoms with Gasteiger partial charge in [-0.05, 0) is 37.6 Å². The molecule has 2 rings (SSSR count). The zero-order valence-electron chi connectivity index (χ0n) is 10.8. The minimum atomic E-state index is -0.861. The van der Waals surface area contributed by atoms with Gasteiger partial charge in [-0.25, -0.2) is 0 Å². The summed E-state index contributed by atoms with van der Waals surface area (Å²) in [5, 5.41) is 14.9. The quantitative estimate of drug-likeness (QED) is 0.676. The van der Waals surface area contributed by atoms with E-state index in [0.717, 1.165) is 13.0 Å². The number of fused-ring (bicyclic) bond motifs is 1. The van der Waals surface area contributed by atoms with Crippen molar-refractivity contribution in [3.63, 3.8) is 0 Å². The van der Waals surface area contributed by atoms with E-state index in [1.54, 1.807) is 0 Å². The van der Waals surface area contributed by atoms with E-state index in [1.165, 1.54) is 12.8 Å². The second-order valence-electron chi connectivity index (χ2n) is 5.45. The Labute approximate surface area is 107 Å². The van der Waals surface area contributed by atoms with E-state index >= 15 is 0 Å². The van der Waals surface area contributed by atoms with Crippen molar-refractivity contribution in [1.82, 2.24) is 10.6 Å². The highest BCUT2D eigenvalue weighted by Crippen LogP contribution is 2.37. The fourth-order valence-electron chi connectivity index (χ4n) is 3.27. The zero-order valence-corrected chi connectivity index (χ0v) is 10.8. The molecule has 3 N–H and O–H groups in total. The van der Waals surface area contributed by atoms with Gasteiger partial charge in [-0.3, -0.25) is 9.59 Å². The van der Waals surface area contributed by atoms with E-state index in [9.17, 15) is 9.59 Å². The molecule has 102 valence electrons. The Morgan fingerprint density at radius 2 is 2.22 bits per heavy atom. The van der Waals surface area contributed by atoms with Crippen LogP contribution >= 0.6 is 0 Å². The molecule has 2 aliphatic rings. The van der Waals surface area contributed by atoms with Crippen LogP contribution < -0.4 is 10.6 Å². The number of carboxylic acid groups (broad SMARTS) is 1. The molecule has 1 heterocycles. The Morgan fingerprint density at radius 1 is 1.44 bits per heavy atom. The van der Waals surface area contributed by atoms with Crippen LogP contribution in [-0.2, 0) is 9.59 Å². The highest BCUT2D eigenvalue weighted by atomic mass is 16.4. The SMILES string of the molecule is CCC(CC(=O)O)NC(=O)C1NCC2CCCC21. The van der Waals surface area contributed by atoms with E-state index in [4.69, 9.17) is 5.11 Å². The third-order valence-corrected chi connectivity index (χ3v) is 4.29. The standard InChI is InChI=1S/C13H22N2O3/c1-2-9(6-11(16)17)15-13(18)12-10-5-3-4-8(10)7-14-12/h8-10,12,14H,2-7H2,1H3,(H,15,18)(H,16,17). The Balaban J connectivity index is 1.89. The Bertz CT molecular complexity index is 332. The monoisotopic (exact) mass is 254 g/mol. The van der Waals surface area contributed by atoms with Crippen molar-refractivity contribution in [3.05, 3.63) is 0 Å². The highest BCUT2D eigenvalue weighted by molar-refractivity contribution is 5.83. The molecule has 0 aromatic rings. The molecule has 1 saturated carbocycles. The van der Waals surface area contributed by atoms with Gasteiger partial charge in [0.25, 0.3) is 0 Å². The number of hydrogen-bond acceptors (Lipinski definition) is 3. The van der Waals surface area contributed by atoms with Gasteiger partial charge in [-0.15, -0.1) is 0 Å². The fourth-order valence-corrected chi connectivity index (χ4v) is 3.27. The van der Waals surface area contributed by atoms with Crippen LogP contribution in [0.3, 0.4) is 0 Å². The number of amides is 1. The van der Waals surface area contributed by atoms with Gasteiger partial charge in [-0.2, -0.15) is 0 Å². The molecule has 18 heavy (non-hydrogen) atoms. The van der Waals surface area contributed by atoms with Crippen LogP contribution in [0.15, 0.2) is 0 Å². The maximum absolute atomic E-state index is 12.2. The highest BCUT2D eigenvalue weighted by Gasteiger charge is 2.42. The van der Waals surface area contributed by atoms with Crippen LogP contribution in [0.4, 0.5) is 0 Å². The number of hydrogen-bond donors (Lipinski definition) is 3. The van der Waals surface area contributed by atoms with Crippen LogP contribution in [-0.4, -0.2) is 35.6 Å². The van der Waals surface area contributed by atoms with E-state index in [1.807, 2.05) is 6.92 Å². The number of nitrogens with one attached hydrogen (secondary N) is 2. The van der Waals surface area contributed by atoms with Crippen molar-refractivity contribution in [1.29, 1.82) is 0 Å². The van der Waals surface area contributed by atoms with Crippen LogP contribution in [0.5, 0.6) is 0 Å². The predicted octanol–water partition coefficient (Wildman–Crippen LogP) is 0.744. The van der Waals surface area contributed by atoms with E-state index in [-0.39, 0.29) is 24.4 Å². The van der Waals surface area contributed by atoms with Crippen molar-refractivity contribution in [2.45, 2.75) is 51.1 Å². The molecule has 0 spiro atoms. The molecular weight excluding hydrogens is 232 g/mol. The smallest absolute Gasteiger partial charge is 0.305 e. The Hall–Kier alpha value is -1.10. The summed E-state index contributed by atoms with van der Waals surface area (Å²) in [4.78, 5) is 22.9. The topological polar surface area (TPSA) is 78.4 Å². The van der Waals surface area contributed by atoms with Crippen LogP contribution in [0.1, 0.15) is 39.0 Å². The first-order chi connectivity index (χ1) is 8.61. The summed E-state index contributed by atoms with van der Waals surface area (Å²) >= 11 is 0. The number of carbonyl (C=O) groups is 2. The Morgan fingerprint density at radius 3 is 2.89 bits per heavy atom. The van der Waals surface area contributed by atoms with E-state index in [0.29, 0.717) is 18.3 Å². The van der Waals surface area contributed by atoms with Crippen molar-refractivity contribution in [3.8, 4) is 0 Å². The molecule has 1 aliphatic carbocycles. The third-order valence-electron chi connectivity index (χ3n) is 4.29. The Kier molecular flexibility index (Phi) is 4.22. The summed E-state index contributed by atoms with van der Waals surface area (Å²) in [6, 6.07) is -0.363. The largest absolute Gasteiger partial charge is 0.481 e. The molecule has 0 bridgehead atoms. The molecule has 0 aromatic carbocycles. The average molecular weight is 254 g/mol. The average Bonchev–Trinajstić information content (AvgIpc) is 2.88. The predicted molar refractivity (Wildman–Crippen MR) is 67.1 cm³/mol. The van der Waals surface area contributed by atoms with Gasteiger partial charge >= 0.3 is 5.97 Å². The summed E-state index contributed by atoms with van der Waals surface area (Å²) in [5.41, 5.74) is 0. The van der Waals surface area contributed by atoms with Gasteiger partial charge in [-0.1, -0.05) is 13.3 Å². The van der Waals surface area contributed by atoms with Crippen LogP contribution in [0, 0.1) is 11.8 Å². The fraction of sp³-hybridized carbons (Fsp3) is 0.846. The lowest BCUT2D eigenvalue weighted by Crippen LogP contribution is -2.48. The lowest BCUT2D eigenvalue weighted by Gasteiger charge is -2.21. The number of aliphatic carboxylic acids is 1. The first-order valence-electron chi connectivity index (χ1n) is 6.87. The summed E-state index contributed by atoms with van der Waals surface area (Å²) in [7, 11) is 0. The van der Waals surface area contributed by atoms with Gasteiger partial charge in [0.05, 0.1) is 12.5 Å². The van der Waals surface area contributed by atoms with Gasteiger partial charge < -0.3 is 15.7 Å². The summed E-state index contributed by atoms with van der Waals surface area (Å²) in [6.45, 7) is 2.83. The molecule has 4 unspecified atom stereocenters. The van der Waals surface area contributed by atoms with Gasteiger partial charge in [0.1, 0.15) is 0 Å². The zero-order chi connectivity index (χ0) is 13.1. The maximum atomic E-state index is 12.2. The number of carboxylic acids is 1. The minimum absolute atomic E-state index is 0.00303. The summed E-state index contributed by atoms with van der Waals surface area (Å²) in [6.07, 6.45) is 4.20. The molecule has 2 fully saturated rings. The molecule has 4 atom stereocenters. The lowest BCUT2D eigenvalue weighted by atomic mass is 9.93. The molecule has 0 aromatic heterocycles. The van der Waals surface area contributed by atoms with E-state index < -0.39 is 5.97 Å². The van der Waals surface area contributed by atoms with Crippen molar-refractivity contribution in [2.24, 2.45) is 11.8 Å². The van der Waals surface area contributed by atoms with Crippen LogP contribution in [0.25, 0.3) is 0 Å². The van der Waals surface area contributed by atoms with Crippen molar-refractivity contribution >= 4 is 11.9 Å². The van der Waals surface area contributed by atoms with Crippen molar-refractivity contribution in [2.75, 3.05) is 6.54 Å². The van der Waals surface area contributed by atoms with Crippen molar-refractivity contribution < 1.29 is 14.7 Å². The second kappa shape index (κ2) is 5.69. The normalized spacial score (nSPS) is 31.9. The second-order valence-corrected chi connectivity index (χ2v) is 5.45. The molecule has 1 saturated heterocycles. The van der Waals surface area contributed by atoms with Crippen LogP contribution in [0.2, 0.25) is 0 Å². The first kappa shape index (κ1) is 13.3. The van der Waals surface area contributed by atoms with E-state index in [2.05, 4.69) is 10.6 Å². The first-order valence-corrected chi connectivity index (χ1v) is 6.87. The molecule has 5 heteroatoms. The number of rotatable bonds is 5. The number of carbonyl (C=O) groups excluding carboxylic acids is 1.